The number of esters is 1. The Morgan fingerprint density at radius 1 is 1.23 bits per heavy atom. The summed E-state index contributed by atoms with van der Waals surface area (Å²) >= 11 is 0. The first-order chi connectivity index (χ1) is 16.9. The topological polar surface area (TPSA) is 106 Å². The third kappa shape index (κ3) is 5.61. The summed E-state index contributed by atoms with van der Waals surface area (Å²) in [5.74, 6) is 0.288. The normalized spacial score (nSPS) is 15.2. The molecule has 0 saturated heterocycles. The summed E-state index contributed by atoms with van der Waals surface area (Å²) in [4.78, 5) is 30.9. The molecule has 1 aromatic carbocycles. The summed E-state index contributed by atoms with van der Waals surface area (Å²) in [5.41, 5.74) is 3.82. The fraction of sp³-hybridized carbons (Fsp3) is 0.577. The van der Waals surface area contributed by atoms with E-state index in [0.29, 0.717) is 25.0 Å². The molecule has 1 saturated carbocycles. The molecule has 0 amide bonds. The van der Waals surface area contributed by atoms with Crippen molar-refractivity contribution in [1.82, 2.24) is 30.1 Å². The number of nitrogens with zero attached hydrogens (tertiary/aromatic N) is 5. The average molecular weight is 481 g/mol. The lowest BCUT2D eigenvalue weighted by Gasteiger charge is -2.35. The maximum Gasteiger partial charge on any atom is 0.327 e. The van der Waals surface area contributed by atoms with E-state index < -0.39 is 0 Å². The molecule has 35 heavy (non-hydrogen) atoms. The van der Waals surface area contributed by atoms with Crippen molar-refractivity contribution < 1.29 is 9.53 Å². The number of fused-ring (bicyclic) bond motifs is 1. The maximum atomic E-state index is 13.2. The molecule has 1 atom stereocenters. The van der Waals surface area contributed by atoms with Gasteiger partial charge in [0.25, 0.3) is 5.56 Å². The van der Waals surface area contributed by atoms with Crippen LogP contribution in [-0.2, 0) is 22.6 Å². The Bertz CT molecular complexity index is 1230. The van der Waals surface area contributed by atoms with E-state index >= 15 is 0 Å². The van der Waals surface area contributed by atoms with Gasteiger partial charge in [-0.3, -0.25) is 14.5 Å². The van der Waals surface area contributed by atoms with Gasteiger partial charge in [0.1, 0.15) is 6.54 Å². The smallest absolute Gasteiger partial charge is 0.327 e. The Labute approximate surface area is 205 Å². The molecule has 4 rings (SSSR count). The number of H-pyrrole nitrogens is 1. The number of aryl methyl sites for hydroxylation is 2. The van der Waals surface area contributed by atoms with Gasteiger partial charge in [-0.25, -0.2) is 4.68 Å². The summed E-state index contributed by atoms with van der Waals surface area (Å²) < 4.78 is 6.68. The highest BCUT2D eigenvalue weighted by Crippen LogP contribution is 2.34. The Hall–Kier alpha value is -3.07. The SMILES string of the molecule is CCC[C@H](c1nnnn1CC(=O)OCC)N(Cc1cc2c(C)cc(C)cc2[nH]c1=O)C1CCCC1. The third-order valence-corrected chi connectivity index (χ3v) is 6.94. The second-order valence-corrected chi connectivity index (χ2v) is 9.58. The van der Waals surface area contributed by atoms with Gasteiger partial charge in [-0.15, -0.1) is 5.10 Å². The van der Waals surface area contributed by atoms with Crippen LogP contribution in [0.3, 0.4) is 0 Å². The van der Waals surface area contributed by atoms with E-state index in [0.717, 1.165) is 53.3 Å². The highest BCUT2D eigenvalue weighted by Gasteiger charge is 2.33. The van der Waals surface area contributed by atoms with E-state index in [9.17, 15) is 9.59 Å². The minimum Gasteiger partial charge on any atom is -0.465 e. The number of tetrazole rings is 1. The molecule has 0 unspecified atom stereocenters. The first-order valence-electron chi connectivity index (χ1n) is 12.7. The number of benzene rings is 1. The molecule has 1 fully saturated rings. The lowest BCUT2D eigenvalue weighted by atomic mass is 10.0. The van der Waals surface area contributed by atoms with Crippen molar-refractivity contribution in [3.63, 3.8) is 0 Å². The minimum atomic E-state index is -0.361. The van der Waals surface area contributed by atoms with Crippen LogP contribution in [0.2, 0.25) is 0 Å². The summed E-state index contributed by atoms with van der Waals surface area (Å²) in [6.45, 7) is 8.82. The van der Waals surface area contributed by atoms with Gasteiger partial charge < -0.3 is 9.72 Å². The van der Waals surface area contributed by atoms with Crippen molar-refractivity contribution in [3.05, 3.63) is 51.1 Å². The number of ether oxygens (including phenoxy) is 1. The number of aromatic amines is 1. The molecule has 3 aromatic rings. The molecule has 188 valence electrons. The van der Waals surface area contributed by atoms with E-state index in [1.165, 1.54) is 12.8 Å². The number of carbonyl (C=O) groups excluding carboxylic acids is 1. The number of rotatable bonds is 10. The Balaban J connectivity index is 1.73. The first kappa shape index (κ1) is 25.0. The van der Waals surface area contributed by atoms with Crippen molar-refractivity contribution in [2.45, 2.75) is 91.4 Å². The highest BCUT2D eigenvalue weighted by molar-refractivity contribution is 5.83. The maximum absolute atomic E-state index is 13.2. The Kier molecular flexibility index (Phi) is 7.95. The molecule has 1 aliphatic carbocycles. The zero-order valence-corrected chi connectivity index (χ0v) is 21.2. The number of carbonyl (C=O) groups is 1. The molecule has 1 aliphatic rings. The van der Waals surface area contributed by atoms with Crippen LogP contribution in [0.5, 0.6) is 0 Å². The fourth-order valence-corrected chi connectivity index (χ4v) is 5.37. The lowest BCUT2D eigenvalue weighted by molar-refractivity contribution is -0.144. The van der Waals surface area contributed by atoms with E-state index in [4.69, 9.17) is 4.74 Å². The van der Waals surface area contributed by atoms with Gasteiger partial charge in [0.05, 0.1) is 12.6 Å². The molecule has 9 nitrogen and oxygen atoms in total. The van der Waals surface area contributed by atoms with Crippen molar-refractivity contribution in [1.29, 1.82) is 0 Å². The van der Waals surface area contributed by atoms with Gasteiger partial charge >= 0.3 is 5.97 Å². The van der Waals surface area contributed by atoms with E-state index in [1.807, 2.05) is 19.1 Å². The summed E-state index contributed by atoms with van der Waals surface area (Å²) in [7, 11) is 0. The van der Waals surface area contributed by atoms with Crippen molar-refractivity contribution in [3.8, 4) is 0 Å². The van der Waals surface area contributed by atoms with E-state index in [1.54, 1.807) is 11.6 Å². The van der Waals surface area contributed by atoms with Gasteiger partial charge in [0, 0.05) is 29.1 Å². The van der Waals surface area contributed by atoms with Crippen LogP contribution in [0.25, 0.3) is 10.9 Å². The third-order valence-electron chi connectivity index (χ3n) is 6.94. The number of nitrogens with one attached hydrogen (secondary N) is 1. The monoisotopic (exact) mass is 480 g/mol. The molecular weight excluding hydrogens is 444 g/mol. The molecule has 0 radical (unpaired) electrons. The quantitative estimate of drug-likeness (QED) is 0.438. The largest absolute Gasteiger partial charge is 0.465 e. The lowest BCUT2D eigenvalue weighted by Crippen LogP contribution is -2.39. The zero-order valence-electron chi connectivity index (χ0n) is 21.2. The van der Waals surface area contributed by atoms with Gasteiger partial charge in [-0.1, -0.05) is 32.3 Å². The van der Waals surface area contributed by atoms with Crippen LogP contribution >= 0.6 is 0 Å². The van der Waals surface area contributed by atoms with Crippen molar-refractivity contribution in [2.24, 2.45) is 0 Å². The van der Waals surface area contributed by atoms with E-state index in [-0.39, 0.29) is 24.1 Å². The minimum absolute atomic E-state index is 0.0238. The number of aromatic nitrogens is 5. The predicted molar refractivity (Wildman–Crippen MR) is 134 cm³/mol. The molecule has 0 aliphatic heterocycles. The van der Waals surface area contributed by atoms with Crippen LogP contribution in [-0.4, -0.2) is 48.7 Å². The number of hydrogen-bond donors (Lipinski definition) is 1. The fourth-order valence-electron chi connectivity index (χ4n) is 5.37. The molecule has 0 bridgehead atoms. The predicted octanol–water partition coefficient (Wildman–Crippen LogP) is 3.98. The first-order valence-corrected chi connectivity index (χ1v) is 12.7. The second-order valence-electron chi connectivity index (χ2n) is 9.58. The van der Waals surface area contributed by atoms with Gasteiger partial charge in [0.15, 0.2) is 5.82 Å². The van der Waals surface area contributed by atoms with Crippen LogP contribution < -0.4 is 5.56 Å². The van der Waals surface area contributed by atoms with E-state index in [2.05, 4.69) is 45.3 Å². The molecule has 2 aromatic heterocycles. The highest BCUT2D eigenvalue weighted by atomic mass is 16.5. The van der Waals surface area contributed by atoms with Crippen LogP contribution in [0, 0.1) is 13.8 Å². The summed E-state index contributed by atoms with van der Waals surface area (Å²) in [6.07, 6.45) is 6.23. The molecule has 9 heteroatoms. The zero-order chi connectivity index (χ0) is 24.9. The van der Waals surface area contributed by atoms with Crippen molar-refractivity contribution >= 4 is 16.9 Å². The molecular formula is C26H36N6O3. The van der Waals surface area contributed by atoms with Crippen molar-refractivity contribution in [2.75, 3.05) is 6.61 Å². The second kappa shape index (κ2) is 11.1. The Morgan fingerprint density at radius 3 is 2.71 bits per heavy atom. The van der Waals surface area contributed by atoms with Gasteiger partial charge in [0.2, 0.25) is 0 Å². The van der Waals surface area contributed by atoms with Crippen LogP contribution in [0.15, 0.2) is 23.0 Å². The average Bonchev–Trinajstić information content (AvgIpc) is 3.49. The summed E-state index contributed by atoms with van der Waals surface area (Å²) in [6, 6.07) is 6.42. The van der Waals surface area contributed by atoms with Crippen LogP contribution in [0.1, 0.15) is 80.9 Å². The van der Waals surface area contributed by atoms with Gasteiger partial charge in [-0.05, 0) is 73.7 Å². The molecule has 0 spiro atoms. The standard InChI is InChI=1S/C26H36N6O3/c1-5-9-23(25-28-29-30-32(25)16-24(33)35-6-2)31(20-10-7-8-11-20)15-19-14-21-18(4)12-17(3)13-22(21)27-26(19)34/h12-14,20,23H,5-11,15-16H2,1-4H3,(H,27,34)/t23-/m1/s1. The Morgan fingerprint density at radius 2 is 2.00 bits per heavy atom. The van der Waals surface area contributed by atoms with Crippen LogP contribution in [0.4, 0.5) is 0 Å². The summed E-state index contributed by atoms with van der Waals surface area (Å²) in [5, 5.41) is 13.4. The number of hydrogen-bond acceptors (Lipinski definition) is 7. The number of pyridine rings is 1. The molecule has 2 heterocycles. The molecule has 1 N–H and O–H groups in total. The van der Waals surface area contributed by atoms with Gasteiger partial charge in [-0.2, -0.15) is 0 Å².